The summed E-state index contributed by atoms with van der Waals surface area (Å²) in [7, 11) is 0. The second kappa shape index (κ2) is 5.35. The third kappa shape index (κ3) is 4.18. The fourth-order valence-electron chi connectivity index (χ4n) is 1.18. The Balaban J connectivity index is 3.68. The van der Waals surface area contributed by atoms with Gasteiger partial charge in [0, 0.05) is 6.07 Å². The average molecular weight is 339 g/mol. The molecule has 0 unspecified atom stereocenters. The number of ether oxygens (including phenoxy) is 1. The van der Waals surface area contributed by atoms with E-state index >= 15 is 0 Å². The smallest absolute Gasteiger partial charge is 0.404 e. The van der Waals surface area contributed by atoms with Gasteiger partial charge in [-0.3, -0.25) is 4.79 Å². The molecule has 0 fully saturated rings. The van der Waals surface area contributed by atoms with Gasteiger partial charge in [-0.25, -0.2) is 0 Å². The Morgan fingerprint density at radius 1 is 1.29 bits per heavy atom. The lowest BCUT2D eigenvalue weighted by Crippen LogP contribution is -2.21. The highest BCUT2D eigenvalue weighted by Crippen LogP contribution is 2.38. The molecule has 0 saturated carbocycles. The standard InChI is InChI=1S/C8HClF6N2O4/c9-5(18)4-2(21-8(13,14)15)1-3(7(10,11)12)16-6(4)17(19)20/h1H. The number of aromatic nitrogens is 1. The monoisotopic (exact) mass is 338 g/mol. The molecule has 1 aromatic rings. The van der Waals surface area contributed by atoms with E-state index in [1.165, 1.54) is 0 Å². The molecule has 0 bridgehead atoms. The summed E-state index contributed by atoms with van der Waals surface area (Å²) in [5.74, 6) is -3.57. The van der Waals surface area contributed by atoms with Crippen LogP contribution < -0.4 is 4.74 Å². The molecule has 0 radical (unpaired) electrons. The highest BCUT2D eigenvalue weighted by atomic mass is 35.5. The number of rotatable bonds is 3. The van der Waals surface area contributed by atoms with Gasteiger partial charge < -0.3 is 14.9 Å². The summed E-state index contributed by atoms with van der Waals surface area (Å²) in [6.45, 7) is 0. The number of carbonyl (C=O) groups excluding carboxylic acids is 1. The van der Waals surface area contributed by atoms with Crippen LogP contribution in [0.15, 0.2) is 6.07 Å². The number of hydrogen-bond acceptors (Lipinski definition) is 5. The van der Waals surface area contributed by atoms with Crippen LogP contribution in [0, 0.1) is 10.1 Å². The summed E-state index contributed by atoms with van der Waals surface area (Å²) in [5.41, 5.74) is -3.58. The molecule has 0 atom stereocenters. The minimum atomic E-state index is -5.50. The molecule has 6 nitrogen and oxygen atoms in total. The Morgan fingerprint density at radius 2 is 1.81 bits per heavy atom. The van der Waals surface area contributed by atoms with E-state index in [0.29, 0.717) is 0 Å². The molecule has 0 spiro atoms. The fraction of sp³-hybridized carbons (Fsp3) is 0.250. The first-order valence-electron chi connectivity index (χ1n) is 4.55. The molecule has 0 aliphatic rings. The van der Waals surface area contributed by atoms with Crippen LogP contribution in [0.2, 0.25) is 0 Å². The molecule has 1 aromatic heterocycles. The molecule has 0 saturated heterocycles. The third-order valence-electron chi connectivity index (χ3n) is 1.85. The van der Waals surface area contributed by atoms with Crippen molar-refractivity contribution >= 4 is 22.7 Å². The molecule has 0 aromatic carbocycles. The van der Waals surface area contributed by atoms with Crippen LogP contribution >= 0.6 is 11.6 Å². The second-order valence-electron chi connectivity index (χ2n) is 3.28. The molecule has 0 amide bonds. The summed E-state index contributed by atoms with van der Waals surface area (Å²) in [6, 6.07) is -0.309. The summed E-state index contributed by atoms with van der Waals surface area (Å²) in [5, 5.41) is 8.72. The van der Waals surface area contributed by atoms with Gasteiger partial charge in [0.1, 0.15) is 0 Å². The van der Waals surface area contributed by atoms with E-state index in [0.717, 1.165) is 0 Å². The molecule has 21 heavy (non-hydrogen) atoms. The van der Waals surface area contributed by atoms with Crippen molar-refractivity contribution in [2.24, 2.45) is 0 Å². The molecular weight excluding hydrogens is 338 g/mol. The van der Waals surface area contributed by atoms with E-state index in [4.69, 9.17) is 11.6 Å². The van der Waals surface area contributed by atoms with E-state index in [9.17, 15) is 41.3 Å². The lowest BCUT2D eigenvalue weighted by Gasteiger charge is -2.12. The molecule has 0 aliphatic heterocycles. The van der Waals surface area contributed by atoms with E-state index in [1.807, 2.05) is 0 Å². The maximum Gasteiger partial charge on any atom is 0.573 e. The van der Waals surface area contributed by atoms with Gasteiger partial charge in [-0.1, -0.05) is 0 Å². The SMILES string of the molecule is O=C(Cl)c1c(OC(F)(F)F)cc(C(F)(F)F)nc1[N+](=O)[O-]. The van der Waals surface area contributed by atoms with E-state index in [1.54, 1.807) is 0 Å². The fourth-order valence-corrected chi connectivity index (χ4v) is 1.35. The molecule has 0 aliphatic carbocycles. The molecule has 1 rings (SSSR count). The maximum atomic E-state index is 12.4. The van der Waals surface area contributed by atoms with Gasteiger partial charge in [-0.2, -0.15) is 13.2 Å². The number of hydrogen-bond donors (Lipinski definition) is 0. The third-order valence-corrected chi connectivity index (χ3v) is 2.04. The number of nitrogens with zero attached hydrogens (tertiary/aromatic N) is 2. The Kier molecular flexibility index (Phi) is 4.32. The summed E-state index contributed by atoms with van der Waals surface area (Å²) >= 11 is 4.84. The van der Waals surface area contributed by atoms with E-state index in [-0.39, 0.29) is 6.07 Å². The van der Waals surface area contributed by atoms with Crippen molar-refractivity contribution in [3.05, 3.63) is 27.4 Å². The van der Waals surface area contributed by atoms with Crippen molar-refractivity contribution in [3.8, 4) is 5.75 Å². The first kappa shape index (κ1) is 16.9. The van der Waals surface area contributed by atoms with Crippen LogP contribution in [0.5, 0.6) is 5.75 Å². The van der Waals surface area contributed by atoms with Crippen LogP contribution in [0.4, 0.5) is 32.2 Å². The van der Waals surface area contributed by atoms with E-state index < -0.39 is 45.5 Å². The minimum absolute atomic E-state index is 0.309. The number of halogens is 7. The molecule has 116 valence electrons. The Labute approximate surface area is 115 Å². The zero-order valence-electron chi connectivity index (χ0n) is 9.25. The average Bonchev–Trinajstić information content (AvgIpc) is 2.23. The number of carbonyl (C=O) groups is 1. The Bertz CT molecular complexity index is 600. The van der Waals surface area contributed by atoms with E-state index in [2.05, 4.69) is 9.72 Å². The quantitative estimate of drug-likeness (QED) is 0.365. The van der Waals surface area contributed by atoms with Gasteiger partial charge in [0.25, 0.3) is 10.9 Å². The zero-order chi connectivity index (χ0) is 16.6. The molecule has 0 N–H and O–H groups in total. The summed E-state index contributed by atoms with van der Waals surface area (Å²) in [6.07, 6.45) is -10.8. The van der Waals surface area contributed by atoms with Crippen molar-refractivity contribution in [1.82, 2.24) is 4.98 Å². The number of pyridine rings is 1. The van der Waals surface area contributed by atoms with Gasteiger partial charge in [0.2, 0.25) is 0 Å². The van der Waals surface area contributed by atoms with Crippen molar-refractivity contribution < 1.29 is 40.8 Å². The predicted octanol–water partition coefficient (Wildman–Crippen LogP) is 3.29. The highest BCUT2D eigenvalue weighted by molar-refractivity contribution is 6.68. The largest absolute Gasteiger partial charge is 0.573 e. The van der Waals surface area contributed by atoms with Crippen molar-refractivity contribution in [2.75, 3.05) is 0 Å². The Hall–Kier alpha value is -2.11. The van der Waals surface area contributed by atoms with Crippen molar-refractivity contribution in [2.45, 2.75) is 12.5 Å². The maximum absolute atomic E-state index is 12.4. The van der Waals surface area contributed by atoms with Crippen molar-refractivity contribution in [3.63, 3.8) is 0 Å². The van der Waals surface area contributed by atoms with Crippen LogP contribution in [0.25, 0.3) is 0 Å². The first-order valence-corrected chi connectivity index (χ1v) is 4.93. The summed E-state index contributed by atoms with van der Waals surface area (Å²) < 4.78 is 76.8. The summed E-state index contributed by atoms with van der Waals surface area (Å²) in [4.78, 5) is 22.4. The predicted molar refractivity (Wildman–Crippen MR) is 52.8 cm³/mol. The van der Waals surface area contributed by atoms with Gasteiger partial charge in [-0.15, -0.1) is 13.2 Å². The molecule has 1 heterocycles. The highest BCUT2D eigenvalue weighted by Gasteiger charge is 2.43. The lowest BCUT2D eigenvalue weighted by molar-refractivity contribution is -0.390. The van der Waals surface area contributed by atoms with Gasteiger partial charge in [-0.05, 0) is 21.5 Å². The van der Waals surface area contributed by atoms with Gasteiger partial charge in [0.15, 0.2) is 11.3 Å². The lowest BCUT2D eigenvalue weighted by atomic mass is 10.2. The van der Waals surface area contributed by atoms with Crippen LogP contribution in [0.3, 0.4) is 0 Å². The molecular formula is C8HClF6N2O4. The van der Waals surface area contributed by atoms with Gasteiger partial charge in [0.05, 0.1) is 0 Å². The Morgan fingerprint density at radius 3 is 2.14 bits per heavy atom. The topological polar surface area (TPSA) is 82.3 Å². The van der Waals surface area contributed by atoms with Gasteiger partial charge >= 0.3 is 18.4 Å². The zero-order valence-corrected chi connectivity index (χ0v) is 10.0. The van der Waals surface area contributed by atoms with Crippen molar-refractivity contribution in [1.29, 1.82) is 0 Å². The normalized spacial score (nSPS) is 12.1. The second-order valence-corrected chi connectivity index (χ2v) is 3.62. The van der Waals surface area contributed by atoms with Crippen LogP contribution in [0.1, 0.15) is 16.1 Å². The number of nitro groups is 1. The first-order chi connectivity index (χ1) is 9.33. The number of alkyl halides is 6. The minimum Gasteiger partial charge on any atom is -0.404 e. The van der Waals surface area contributed by atoms with Crippen LogP contribution in [-0.2, 0) is 6.18 Å². The van der Waals surface area contributed by atoms with Crippen LogP contribution in [-0.4, -0.2) is 21.5 Å². The molecule has 13 heteroatoms.